The summed E-state index contributed by atoms with van der Waals surface area (Å²) in [4.78, 5) is 0. The first kappa shape index (κ1) is 15.9. The van der Waals surface area contributed by atoms with Crippen molar-refractivity contribution in [3.8, 4) is 0 Å². The highest BCUT2D eigenvalue weighted by Crippen LogP contribution is 2.23. The average Bonchev–Trinajstić information content (AvgIpc) is 2.19. The molecule has 8 heteroatoms. The minimum absolute atomic E-state index is 0. The topological polar surface area (TPSA) is 72.2 Å². The van der Waals surface area contributed by atoms with E-state index in [4.69, 9.17) is 5.73 Å². The zero-order valence-corrected chi connectivity index (χ0v) is 10.7. The third-order valence-corrected chi connectivity index (χ3v) is 3.34. The second-order valence-electron chi connectivity index (χ2n) is 3.24. The van der Waals surface area contributed by atoms with E-state index in [1.54, 1.807) is 6.92 Å². The van der Waals surface area contributed by atoms with Crippen LogP contribution in [0, 0.1) is 11.6 Å². The third kappa shape index (κ3) is 4.01. The Hall–Kier alpha value is -1.08. The molecule has 17 heavy (non-hydrogen) atoms. The van der Waals surface area contributed by atoms with E-state index >= 15 is 0 Å². The van der Waals surface area contributed by atoms with Gasteiger partial charge < -0.3 is 5.73 Å². The molecule has 3 N–H and O–H groups in total. The number of rotatable bonds is 4. The molecule has 0 bridgehead atoms. The highest BCUT2D eigenvalue weighted by Gasteiger charge is 2.15. The molecule has 0 aliphatic rings. The fraction of sp³-hybridized carbons (Fsp3) is 0.333. The largest absolute Gasteiger partial charge is 0.394 e. The summed E-state index contributed by atoms with van der Waals surface area (Å²) in [5.41, 5.74) is 4.05. The number of halogens is 3. The number of benzene rings is 1. The summed E-state index contributed by atoms with van der Waals surface area (Å²) in [6.45, 7) is 1.68. The normalized spacial score (nSPS) is 10.8. The molecule has 1 aromatic carbocycles. The first-order chi connectivity index (χ1) is 7.37. The molecular weight excluding hydrogens is 274 g/mol. The van der Waals surface area contributed by atoms with Crippen LogP contribution in [0.15, 0.2) is 12.1 Å². The molecule has 0 spiro atoms. The van der Waals surface area contributed by atoms with Crippen LogP contribution in [0.3, 0.4) is 0 Å². The number of nitrogens with one attached hydrogen (secondary N) is 1. The smallest absolute Gasteiger partial charge is 0.232 e. The molecule has 4 nitrogen and oxygen atoms in total. The van der Waals surface area contributed by atoms with E-state index in [-0.39, 0.29) is 23.8 Å². The molecule has 0 saturated carbocycles. The van der Waals surface area contributed by atoms with Crippen LogP contribution in [-0.2, 0) is 10.0 Å². The van der Waals surface area contributed by atoms with Gasteiger partial charge in [-0.3, -0.25) is 4.72 Å². The van der Waals surface area contributed by atoms with Gasteiger partial charge in [0, 0.05) is 0 Å². The summed E-state index contributed by atoms with van der Waals surface area (Å²) in [6, 6.07) is 1.90. The Bertz CT molecular complexity index is 494. The molecule has 0 aliphatic heterocycles. The van der Waals surface area contributed by atoms with E-state index in [0.717, 1.165) is 12.1 Å². The molecule has 0 atom stereocenters. The molecule has 1 rings (SSSR count). The van der Waals surface area contributed by atoms with Gasteiger partial charge in [0.15, 0.2) is 5.82 Å². The standard InChI is InChI=1S/C9H12F2N2O2S.ClH/c1-2-5-16(14,15)13-7-4-3-6(10)9(12)8(7)11;/h3-4,13H,2,5,12H2,1H3;1H. The van der Waals surface area contributed by atoms with Gasteiger partial charge in [-0.15, -0.1) is 12.4 Å². The summed E-state index contributed by atoms with van der Waals surface area (Å²) in [6.07, 6.45) is 0.396. The summed E-state index contributed by atoms with van der Waals surface area (Å²) in [7, 11) is -3.60. The van der Waals surface area contributed by atoms with Gasteiger partial charge in [-0.25, -0.2) is 17.2 Å². The van der Waals surface area contributed by atoms with Gasteiger partial charge in [0.2, 0.25) is 10.0 Å². The van der Waals surface area contributed by atoms with Crippen molar-refractivity contribution in [1.29, 1.82) is 0 Å². The minimum Gasteiger partial charge on any atom is -0.394 e. The van der Waals surface area contributed by atoms with Crippen molar-refractivity contribution in [1.82, 2.24) is 0 Å². The molecule has 98 valence electrons. The van der Waals surface area contributed by atoms with E-state index in [1.807, 2.05) is 4.72 Å². The lowest BCUT2D eigenvalue weighted by Crippen LogP contribution is -2.17. The Morgan fingerprint density at radius 1 is 1.35 bits per heavy atom. The zero-order chi connectivity index (χ0) is 12.3. The van der Waals surface area contributed by atoms with Crippen molar-refractivity contribution >= 4 is 33.8 Å². The van der Waals surface area contributed by atoms with Crippen molar-refractivity contribution in [3.63, 3.8) is 0 Å². The van der Waals surface area contributed by atoms with Crippen molar-refractivity contribution < 1.29 is 17.2 Å². The van der Waals surface area contributed by atoms with Crippen molar-refractivity contribution in [3.05, 3.63) is 23.8 Å². The number of anilines is 2. The lowest BCUT2D eigenvalue weighted by Gasteiger charge is -2.09. The minimum atomic E-state index is -3.60. The second-order valence-corrected chi connectivity index (χ2v) is 5.09. The number of hydrogen-bond acceptors (Lipinski definition) is 3. The maximum atomic E-state index is 13.3. The summed E-state index contributed by atoms with van der Waals surface area (Å²) in [5, 5.41) is 0. The van der Waals surface area contributed by atoms with Gasteiger partial charge in [0.05, 0.1) is 11.4 Å². The van der Waals surface area contributed by atoms with Gasteiger partial charge >= 0.3 is 0 Å². The monoisotopic (exact) mass is 286 g/mol. The Morgan fingerprint density at radius 2 is 1.94 bits per heavy atom. The number of sulfonamides is 1. The van der Waals surface area contributed by atoms with E-state index in [9.17, 15) is 17.2 Å². The quantitative estimate of drug-likeness (QED) is 0.833. The average molecular weight is 287 g/mol. The molecule has 0 aliphatic carbocycles. The zero-order valence-electron chi connectivity index (χ0n) is 9.04. The van der Waals surface area contributed by atoms with E-state index in [2.05, 4.69) is 0 Å². The van der Waals surface area contributed by atoms with Crippen molar-refractivity contribution in [2.24, 2.45) is 0 Å². The maximum Gasteiger partial charge on any atom is 0.232 e. The lowest BCUT2D eigenvalue weighted by atomic mass is 10.2. The second kappa shape index (κ2) is 6.02. The Labute approximate surface area is 105 Å². The summed E-state index contributed by atoms with van der Waals surface area (Å²) >= 11 is 0. The predicted octanol–water partition coefficient (Wildman–Crippen LogP) is 2.12. The van der Waals surface area contributed by atoms with Crippen LogP contribution in [0.2, 0.25) is 0 Å². The molecule has 1 aromatic rings. The first-order valence-electron chi connectivity index (χ1n) is 4.61. The van der Waals surface area contributed by atoms with Crippen molar-refractivity contribution in [2.75, 3.05) is 16.2 Å². The van der Waals surface area contributed by atoms with E-state index in [1.165, 1.54) is 0 Å². The molecule has 0 saturated heterocycles. The maximum absolute atomic E-state index is 13.3. The van der Waals surface area contributed by atoms with Crippen LogP contribution >= 0.6 is 12.4 Å². The molecule has 0 amide bonds. The Balaban J connectivity index is 0.00000256. The van der Waals surface area contributed by atoms with Crippen LogP contribution in [0.1, 0.15) is 13.3 Å². The molecule has 0 heterocycles. The summed E-state index contributed by atoms with van der Waals surface area (Å²) in [5.74, 6) is -2.15. The molecule has 0 radical (unpaired) electrons. The molecule has 0 fully saturated rings. The number of hydrogen-bond donors (Lipinski definition) is 2. The SMILES string of the molecule is CCCS(=O)(=O)Nc1ccc(F)c(N)c1F.Cl. The highest BCUT2D eigenvalue weighted by atomic mass is 35.5. The number of nitrogens with two attached hydrogens (primary N) is 1. The van der Waals surface area contributed by atoms with Gasteiger partial charge in [-0.05, 0) is 18.6 Å². The Kier molecular flexibility index (Phi) is 5.63. The lowest BCUT2D eigenvalue weighted by molar-refractivity contribution is 0.589. The summed E-state index contributed by atoms with van der Waals surface area (Å²) < 4.78 is 50.8. The van der Waals surface area contributed by atoms with Crippen LogP contribution in [0.5, 0.6) is 0 Å². The van der Waals surface area contributed by atoms with E-state index < -0.39 is 27.3 Å². The van der Waals surface area contributed by atoms with Gasteiger partial charge in [0.25, 0.3) is 0 Å². The fourth-order valence-electron chi connectivity index (χ4n) is 1.14. The van der Waals surface area contributed by atoms with Crippen LogP contribution in [0.4, 0.5) is 20.2 Å². The Morgan fingerprint density at radius 3 is 2.47 bits per heavy atom. The van der Waals surface area contributed by atoms with Gasteiger partial charge in [0.1, 0.15) is 11.5 Å². The van der Waals surface area contributed by atoms with Gasteiger partial charge in [-0.1, -0.05) is 6.92 Å². The molecular formula is C9H13ClF2N2O2S. The van der Waals surface area contributed by atoms with Crippen molar-refractivity contribution in [2.45, 2.75) is 13.3 Å². The highest BCUT2D eigenvalue weighted by molar-refractivity contribution is 7.92. The van der Waals surface area contributed by atoms with Gasteiger partial charge in [-0.2, -0.15) is 0 Å². The number of nitrogen functional groups attached to an aromatic ring is 1. The fourth-order valence-corrected chi connectivity index (χ4v) is 2.27. The first-order valence-corrected chi connectivity index (χ1v) is 6.26. The van der Waals surface area contributed by atoms with Crippen LogP contribution in [-0.4, -0.2) is 14.2 Å². The van der Waals surface area contributed by atoms with Crippen LogP contribution < -0.4 is 10.5 Å². The molecule has 0 aromatic heterocycles. The predicted molar refractivity (Wildman–Crippen MR) is 65.7 cm³/mol. The third-order valence-electron chi connectivity index (χ3n) is 1.86. The van der Waals surface area contributed by atoms with Crippen LogP contribution in [0.25, 0.3) is 0 Å². The molecule has 0 unspecified atom stereocenters. The van der Waals surface area contributed by atoms with E-state index in [0.29, 0.717) is 6.42 Å².